The van der Waals surface area contributed by atoms with Crippen molar-refractivity contribution in [3.63, 3.8) is 0 Å². The lowest BCUT2D eigenvalue weighted by Crippen LogP contribution is -2.48. The van der Waals surface area contributed by atoms with Gasteiger partial charge in [0.2, 0.25) is 11.8 Å². The molecule has 2 amide bonds. The molecular weight excluding hydrogens is 446 g/mol. The molecule has 0 unspecified atom stereocenters. The van der Waals surface area contributed by atoms with Crippen LogP contribution in [-0.2, 0) is 25.5 Å². The Balaban J connectivity index is 1.29. The maximum Gasteiger partial charge on any atom is 0.337 e. The lowest BCUT2D eigenvalue weighted by Gasteiger charge is -2.37. The van der Waals surface area contributed by atoms with Crippen LogP contribution in [0, 0.1) is 35.5 Å². The predicted octanol–water partition coefficient (Wildman–Crippen LogP) is 3.04. The van der Waals surface area contributed by atoms with Crippen LogP contribution in [0.2, 0.25) is 0 Å². The number of carbonyl (C=O) groups excluding carboxylic acids is 4. The molecule has 3 fully saturated rings. The van der Waals surface area contributed by atoms with Crippen molar-refractivity contribution in [1.82, 2.24) is 4.90 Å². The summed E-state index contributed by atoms with van der Waals surface area (Å²) in [6.07, 6.45) is 5.48. The molecule has 1 aliphatic heterocycles. The molecule has 35 heavy (non-hydrogen) atoms. The molecule has 7 heteroatoms. The monoisotopic (exact) mass is 471 g/mol. The van der Waals surface area contributed by atoms with E-state index in [1.807, 2.05) is 30.3 Å². The second-order valence-corrected chi connectivity index (χ2v) is 9.84. The highest BCUT2D eigenvalue weighted by Crippen LogP contribution is 2.65. The predicted molar refractivity (Wildman–Crippen MR) is 124 cm³/mol. The quantitative estimate of drug-likeness (QED) is 0.278. The van der Waals surface area contributed by atoms with Crippen molar-refractivity contribution in [2.24, 2.45) is 35.5 Å². The molecule has 2 saturated carbocycles. The molecule has 0 spiro atoms. The molecule has 7 atom stereocenters. The van der Waals surface area contributed by atoms with E-state index in [0.717, 1.165) is 12.0 Å². The van der Waals surface area contributed by atoms with Crippen molar-refractivity contribution in [3.8, 4) is 5.75 Å². The molecular formula is C28H25NO6. The number of nitrogens with zero attached hydrogens (tertiary/aromatic N) is 1. The van der Waals surface area contributed by atoms with Gasteiger partial charge < -0.3 is 9.47 Å². The van der Waals surface area contributed by atoms with E-state index < -0.39 is 18.0 Å². The first-order chi connectivity index (χ1) is 17.0. The number of amides is 2. The van der Waals surface area contributed by atoms with Gasteiger partial charge in [-0.05, 0) is 59.9 Å². The lowest BCUT2D eigenvalue weighted by atomic mass is 9.63. The minimum atomic E-state index is -1.07. The van der Waals surface area contributed by atoms with Gasteiger partial charge in [0.05, 0.1) is 24.5 Å². The SMILES string of the molecule is COC(=O)c1ccc(OC(=O)[C@@H](Cc2ccccc2)N2C(=O)[C@@H]3[C@@H]4C=C[C@H]([C@H]5C[C@H]45)[C@@H]3C2=O)cc1. The average molecular weight is 472 g/mol. The van der Waals surface area contributed by atoms with Gasteiger partial charge in [0.1, 0.15) is 11.8 Å². The zero-order valence-electron chi connectivity index (χ0n) is 19.2. The zero-order chi connectivity index (χ0) is 24.3. The number of imide groups is 1. The highest BCUT2D eigenvalue weighted by Gasteiger charge is 2.68. The number of hydrogen-bond acceptors (Lipinski definition) is 6. The Morgan fingerprint density at radius 3 is 2.09 bits per heavy atom. The van der Waals surface area contributed by atoms with Crippen LogP contribution in [-0.4, -0.2) is 41.8 Å². The fourth-order valence-electron chi connectivity index (χ4n) is 6.37. The van der Waals surface area contributed by atoms with Crippen LogP contribution < -0.4 is 4.74 Å². The first-order valence-electron chi connectivity index (χ1n) is 12.0. The maximum atomic E-state index is 13.7. The molecule has 178 valence electrons. The molecule has 0 N–H and O–H groups in total. The van der Waals surface area contributed by atoms with Crippen molar-refractivity contribution >= 4 is 23.8 Å². The van der Waals surface area contributed by atoms with E-state index in [4.69, 9.17) is 9.47 Å². The Hall–Kier alpha value is -3.74. The van der Waals surface area contributed by atoms with Gasteiger partial charge in [0.15, 0.2) is 0 Å². The second-order valence-electron chi connectivity index (χ2n) is 9.84. The third-order valence-corrected chi connectivity index (χ3v) is 8.05. The third-order valence-electron chi connectivity index (χ3n) is 8.05. The molecule has 5 aliphatic rings. The normalized spacial score (nSPS) is 30.5. The topological polar surface area (TPSA) is 90.0 Å². The summed E-state index contributed by atoms with van der Waals surface area (Å²) < 4.78 is 10.3. The molecule has 0 radical (unpaired) electrons. The van der Waals surface area contributed by atoms with Crippen LogP contribution in [0.15, 0.2) is 66.7 Å². The number of likely N-dealkylation sites (tertiary alicyclic amines) is 1. The van der Waals surface area contributed by atoms with E-state index in [9.17, 15) is 19.2 Å². The van der Waals surface area contributed by atoms with Crippen LogP contribution in [0.5, 0.6) is 5.75 Å². The maximum absolute atomic E-state index is 13.7. The van der Waals surface area contributed by atoms with Gasteiger partial charge in [-0.25, -0.2) is 9.59 Å². The van der Waals surface area contributed by atoms with E-state index in [2.05, 4.69) is 12.2 Å². The van der Waals surface area contributed by atoms with Crippen LogP contribution >= 0.6 is 0 Å². The Kier molecular flexibility index (Phi) is 5.09. The van der Waals surface area contributed by atoms with Gasteiger partial charge in [-0.15, -0.1) is 0 Å². The Morgan fingerprint density at radius 2 is 1.51 bits per heavy atom. The Morgan fingerprint density at radius 1 is 0.914 bits per heavy atom. The molecule has 0 aromatic heterocycles. The number of ether oxygens (including phenoxy) is 2. The summed E-state index contributed by atoms with van der Waals surface area (Å²) in [7, 11) is 1.29. The standard InChI is InChI=1S/C28H25NO6/c1-34-27(32)16-7-9-17(10-8-16)35-28(33)22(13-15-5-3-2-4-6-15)29-25(30)23-18-11-12-19(21-14-20(18)21)24(23)26(29)31/h2-12,18-24H,13-14H2,1H3/t18-,19-,20-,21-,22-,23-,24+/m1/s1. The van der Waals surface area contributed by atoms with E-state index in [-0.39, 0.29) is 47.7 Å². The third kappa shape index (κ3) is 3.49. The van der Waals surface area contributed by atoms with E-state index in [1.54, 1.807) is 0 Å². The smallest absolute Gasteiger partial charge is 0.337 e. The van der Waals surface area contributed by atoms with Crippen molar-refractivity contribution in [2.75, 3.05) is 7.11 Å². The number of benzene rings is 2. The fraction of sp³-hybridized carbons (Fsp3) is 0.357. The number of methoxy groups -OCH3 is 1. The summed E-state index contributed by atoms with van der Waals surface area (Å²) in [5.74, 6) is -1.11. The number of hydrogen-bond donors (Lipinski definition) is 0. The van der Waals surface area contributed by atoms with Gasteiger partial charge in [0.25, 0.3) is 0 Å². The molecule has 4 aliphatic carbocycles. The zero-order valence-corrected chi connectivity index (χ0v) is 19.2. The Labute approximate surface area is 202 Å². The van der Waals surface area contributed by atoms with Crippen molar-refractivity contribution in [2.45, 2.75) is 18.9 Å². The van der Waals surface area contributed by atoms with Crippen LogP contribution in [0.4, 0.5) is 0 Å². The summed E-state index contributed by atoms with van der Waals surface area (Å²) in [4.78, 5) is 53.6. The summed E-state index contributed by atoms with van der Waals surface area (Å²) >= 11 is 0. The number of esters is 2. The molecule has 7 rings (SSSR count). The minimum Gasteiger partial charge on any atom is -0.465 e. The number of carbonyl (C=O) groups is 4. The van der Waals surface area contributed by atoms with Gasteiger partial charge in [-0.1, -0.05) is 42.5 Å². The van der Waals surface area contributed by atoms with Crippen LogP contribution in [0.3, 0.4) is 0 Å². The summed E-state index contributed by atoms with van der Waals surface area (Å²) in [5.41, 5.74) is 1.15. The van der Waals surface area contributed by atoms with Gasteiger partial charge >= 0.3 is 11.9 Å². The highest BCUT2D eigenvalue weighted by molar-refractivity contribution is 6.09. The van der Waals surface area contributed by atoms with E-state index >= 15 is 0 Å². The second kappa shape index (κ2) is 8.18. The van der Waals surface area contributed by atoms with E-state index in [1.165, 1.54) is 36.3 Å². The molecule has 1 saturated heterocycles. The first kappa shape index (κ1) is 21.8. The van der Waals surface area contributed by atoms with Crippen molar-refractivity contribution in [3.05, 3.63) is 77.9 Å². The molecule has 1 heterocycles. The lowest BCUT2D eigenvalue weighted by molar-refractivity contribution is -0.153. The fourth-order valence-corrected chi connectivity index (χ4v) is 6.37. The van der Waals surface area contributed by atoms with E-state index in [0.29, 0.717) is 17.4 Å². The summed E-state index contributed by atoms with van der Waals surface area (Å²) in [6, 6.07) is 14.2. The largest absolute Gasteiger partial charge is 0.465 e. The molecule has 2 aromatic rings. The summed E-state index contributed by atoms with van der Waals surface area (Å²) in [6.45, 7) is 0. The van der Waals surface area contributed by atoms with Crippen molar-refractivity contribution in [1.29, 1.82) is 0 Å². The van der Waals surface area contributed by atoms with Gasteiger partial charge in [-0.3, -0.25) is 14.5 Å². The highest BCUT2D eigenvalue weighted by atomic mass is 16.5. The average Bonchev–Trinajstić information content (AvgIpc) is 3.67. The molecule has 2 aromatic carbocycles. The molecule has 2 bridgehead atoms. The molecule has 7 nitrogen and oxygen atoms in total. The number of rotatable bonds is 6. The van der Waals surface area contributed by atoms with Crippen molar-refractivity contribution < 1.29 is 28.7 Å². The Bertz CT molecular complexity index is 1200. The first-order valence-corrected chi connectivity index (χ1v) is 12.0. The van der Waals surface area contributed by atoms with Gasteiger partial charge in [0, 0.05) is 6.42 Å². The van der Waals surface area contributed by atoms with Crippen LogP contribution in [0.25, 0.3) is 0 Å². The van der Waals surface area contributed by atoms with Crippen LogP contribution in [0.1, 0.15) is 22.3 Å². The number of allylic oxidation sites excluding steroid dienone is 2. The summed E-state index contributed by atoms with van der Waals surface area (Å²) in [5, 5.41) is 0. The van der Waals surface area contributed by atoms with Gasteiger partial charge in [-0.2, -0.15) is 0 Å². The minimum absolute atomic E-state index is 0.0794.